The summed E-state index contributed by atoms with van der Waals surface area (Å²) >= 11 is 0. The lowest BCUT2D eigenvalue weighted by atomic mass is 9.84. The fourth-order valence-electron chi connectivity index (χ4n) is 1.96. The van der Waals surface area contributed by atoms with Crippen molar-refractivity contribution < 1.29 is 4.79 Å². The standard InChI is InChI=1S/C14H26N4O/c1-12-10-17-18(11-12)9-8-16-13(19)4-5-14(2,3)6-7-15/h10-11H,4-9,15H2,1-3H3,(H,16,19). The van der Waals surface area contributed by atoms with Crippen molar-refractivity contribution in [2.75, 3.05) is 13.1 Å². The van der Waals surface area contributed by atoms with Gasteiger partial charge >= 0.3 is 0 Å². The number of rotatable bonds is 8. The van der Waals surface area contributed by atoms with Crippen molar-refractivity contribution in [1.29, 1.82) is 0 Å². The van der Waals surface area contributed by atoms with Crippen LogP contribution < -0.4 is 11.1 Å². The Bertz CT molecular complexity index is 398. The van der Waals surface area contributed by atoms with Crippen LogP contribution in [0.3, 0.4) is 0 Å². The molecule has 1 amide bonds. The van der Waals surface area contributed by atoms with Gasteiger partial charge in [0, 0.05) is 19.2 Å². The SMILES string of the molecule is Cc1cnn(CCNC(=O)CCC(C)(C)CCN)c1. The maximum atomic E-state index is 11.7. The summed E-state index contributed by atoms with van der Waals surface area (Å²) in [5.74, 6) is 0.106. The molecular formula is C14H26N4O. The minimum atomic E-state index is 0.106. The quantitative estimate of drug-likeness (QED) is 0.748. The molecule has 1 aromatic heterocycles. The van der Waals surface area contributed by atoms with Crippen LogP contribution in [0.4, 0.5) is 0 Å². The highest BCUT2D eigenvalue weighted by molar-refractivity contribution is 5.75. The van der Waals surface area contributed by atoms with Gasteiger partial charge in [-0.2, -0.15) is 5.10 Å². The molecule has 0 fully saturated rings. The average molecular weight is 266 g/mol. The van der Waals surface area contributed by atoms with E-state index < -0.39 is 0 Å². The molecule has 0 aliphatic heterocycles. The molecule has 5 nitrogen and oxygen atoms in total. The first-order valence-electron chi connectivity index (χ1n) is 6.89. The van der Waals surface area contributed by atoms with Gasteiger partial charge in [-0.1, -0.05) is 13.8 Å². The molecule has 0 radical (unpaired) electrons. The Morgan fingerprint density at radius 3 is 2.79 bits per heavy atom. The first-order valence-corrected chi connectivity index (χ1v) is 6.89. The molecule has 0 saturated carbocycles. The number of amides is 1. The van der Waals surface area contributed by atoms with E-state index in [1.807, 2.05) is 24.0 Å². The fourth-order valence-corrected chi connectivity index (χ4v) is 1.96. The van der Waals surface area contributed by atoms with E-state index in [1.54, 1.807) is 0 Å². The minimum Gasteiger partial charge on any atom is -0.354 e. The van der Waals surface area contributed by atoms with Crippen molar-refractivity contribution >= 4 is 5.91 Å². The second kappa shape index (κ2) is 7.28. The molecule has 0 spiro atoms. The van der Waals surface area contributed by atoms with Crippen molar-refractivity contribution in [3.8, 4) is 0 Å². The van der Waals surface area contributed by atoms with Crippen LogP contribution in [0.25, 0.3) is 0 Å². The molecule has 1 rings (SSSR count). The average Bonchev–Trinajstić information content (AvgIpc) is 2.73. The van der Waals surface area contributed by atoms with Gasteiger partial charge in [-0.15, -0.1) is 0 Å². The smallest absolute Gasteiger partial charge is 0.220 e. The zero-order valence-corrected chi connectivity index (χ0v) is 12.3. The maximum Gasteiger partial charge on any atom is 0.220 e. The van der Waals surface area contributed by atoms with Crippen LogP contribution in [0.2, 0.25) is 0 Å². The van der Waals surface area contributed by atoms with Crippen LogP contribution in [0, 0.1) is 12.3 Å². The van der Waals surface area contributed by atoms with Gasteiger partial charge in [-0.25, -0.2) is 0 Å². The van der Waals surface area contributed by atoms with E-state index in [0.29, 0.717) is 26.1 Å². The zero-order chi connectivity index (χ0) is 14.3. The van der Waals surface area contributed by atoms with Crippen LogP contribution in [0.5, 0.6) is 0 Å². The van der Waals surface area contributed by atoms with E-state index in [0.717, 1.165) is 18.4 Å². The number of nitrogens with zero attached hydrogens (tertiary/aromatic N) is 2. The molecule has 0 atom stereocenters. The highest BCUT2D eigenvalue weighted by atomic mass is 16.1. The highest BCUT2D eigenvalue weighted by Crippen LogP contribution is 2.25. The molecule has 1 heterocycles. The third-order valence-corrected chi connectivity index (χ3v) is 3.28. The van der Waals surface area contributed by atoms with E-state index in [1.165, 1.54) is 0 Å². The number of aromatic nitrogens is 2. The van der Waals surface area contributed by atoms with Gasteiger partial charge in [0.05, 0.1) is 12.7 Å². The van der Waals surface area contributed by atoms with Crippen molar-refractivity contribution in [3.63, 3.8) is 0 Å². The van der Waals surface area contributed by atoms with E-state index in [9.17, 15) is 4.79 Å². The number of nitrogens with one attached hydrogen (secondary N) is 1. The molecular weight excluding hydrogens is 240 g/mol. The van der Waals surface area contributed by atoms with Crippen LogP contribution in [0.15, 0.2) is 12.4 Å². The van der Waals surface area contributed by atoms with Gasteiger partial charge < -0.3 is 11.1 Å². The summed E-state index contributed by atoms with van der Waals surface area (Å²) in [6.07, 6.45) is 6.17. The maximum absolute atomic E-state index is 11.7. The number of hydrogen-bond acceptors (Lipinski definition) is 3. The van der Waals surface area contributed by atoms with Gasteiger partial charge in [0.15, 0.2) is 0 Å². The summed E-state index contributed by atoms with van der Waals surface area (Å²) < 4.78 is 1.84. The number of carbonyl (C=O) groups is 1. The molecule has 3 N–H and O–H groups in total. The Kier molecular flexibility index (Phi) is 6.02. The topological polar surface area (TPSA) is 72.9 Å². The Morgan fingerprint density at radius 1 is 1.47 bits per heavy atom. The molecule has 0 aliphatic carbocycles. The summed E-state index contributed by atoms with van der Waals surface area (Å²) in [5.41, 5.74) is 6.84. The minimum absolute atomic E-state index is 0.106. The summed E-state index contributed by atoms with van der Waals surface area (Å²) in [7, 11) is 0. The number of hydrogen-bond donors (Lipinski definition) is 2. The molecule has 0 unspecified atom stereocenters. The Hall–Kier alpha value is -1.36. The number of carbonyl (C=O) groups excluding carboxylic acids is 1. The van der Waals surface area contributed by atoms with E-state index in [-0.39, 0.29) is 11.3 Å². The van der Waals surface area contributed by atoms with Crippen LogP contribution in [0.1, 0.15) is 38.7 Å². The van der Waals surface area contributed by atoms with E-state index in [2.05, 4.69) is 24.3 Å². The van der Waals surface area contributed by atoms with Crippen molar-refractivity contribution in [2.24, 2.45) is 11.1 Å². The van der Waals surface area contributed by atoms with Gasteiger partial charge in [0.2, 0.25) is 5.91 Å². The molecule has 108 valence electrons. The number of nitrogens with two attached hydrogens (primary N) is 1. The molecule has 0 aromatic carbocycles. The van der Waals surface area contributed by atoms with Gasteiger partial charge in [0.25, 0.3) is 0 Å². The van der Waals surface area contributed by atoms with Crippen LogP contribution in [-0.4, -0.2) is 28.8 Å². The first-order chi connectivity index (χ1) is 8.93. The van der Waals surface area contributed by atoms with Crippen molar-refractivity contribution in [2.45, 2.75) is 46.6 Å². The molecule has 19 heavy (non-hydrogen) atoms. The Morgan fingerprint density at radius 2 is 2.21 bits per heavy atom. The third kappa shape index (κ3) is 6.38. The fraction of sp³-hybridized carbons (Fsp3) is 0.714. The second-order valence-corrected chi connectivity index (χ2v) is 5.83. The summed E-state index contributed by atoms with van der Waals surface area (Å²) in [4.78, 5) is 11.7. The normalized spacial score (nSPS) is 11.6. The Labute approximate surface area is 115 Å². The summed E-state index contributed by atoms with van der Waals surface area (Å²) in [6.45, 7) is 8.32. The molecule has 0 aliphatic rings. The molecule has 1 aromatic rings. The summed E-state index contributed by atoms with van der Waals surface area (Å²) in [5, 5.41) is 7.10. The second-order valence-electron chi connectivity index (χ2n) is 5.83. The van der Waals surface area contributed by atoms with E-state index >= 15 is 0 Å². The molecule has 0 saturated heterocycles. The van der Waals surface area contributed by atoms with E-state index in [4.69, 9.17) is 5.73 Å². The predicted molar refractivity (Wildman–Crippen MR) is 76.7 cm³/mol. The van der Waals surface area contributed by atoms with Gasteiger partial charge in [0.1, 0.15) is 0 Å². The molecule has 5 heteroatoms. The lowest BCUT2D eigenvalue weighted by molar-refractivity contribution is -0.121. The van der Waals surface area contributed by atoms with Crippen LogP contribution >= 0.6 is 0 Å². The first kappa shape index (κ1) is 15.7. The predicted octanol–water partition coefficient (Wildman–Crippen LogP) is 1.46. The van der Waals surface area contributed by atoms with Crippen LogP contribution in [-0.2, 0) is 11.3 Å². The largest absolute Gasteiger partial charge is 0.354 e. The monoisotopic (exact) mass is 266 g/mol. The summed E-state index contributed by atoms with van der Waals surface area (Å²) in [6, 6.07) is 0. The zero-order valence-electron chi connectivity index (χ0n) is 12.3. The van der Waals surface area contributed by atoms with Crippen molar-refractivity contribution in [3.05, 3.63) is 18.0 Å². The Balaban J connectivity index is 2.18. The van der Waals surface area contributed by atoms with Gasteiger partial charge in [-0.05, 0) is 37.3 Å². The number of aryl methyl sites for hydroxylation is 1. The van der Waals surface area contributed by atoms with Gasteiger partial charge in [-0.3, -0.25) is 9.48 Å². The lowest BCUT2D eigenvalue weighted by Gasteiger charge is -2.23. The lowest BCUT2D eigenvalue weighted by Crippen LogP contribution is -2.28. The highest BCUT2D eigenvalue weighted by Gasteiger charge is 2.17. The third-order valence-electron chi connectivity index (χ3n) is 3.28. The van der Waals surface area contributed by atoms with Crippen molar-refractivity contribution in [1.82, 2.24) is 15.1 Å². The molecule has 0 bridgehead atoms.